The second kappa shape index (κ2) is 3.94. The van der Waals surface area contributed by atoms with E-state index >= 15 is 0 Å². The smallest absolute Gasteiger partial charge is 0.405 e. The normalized spacial score (nSPS) is 20.2. The molecule has 0 aromatic heterocycles. The molecule has 3 nitrogen and oxygen atoms in total. The Kier molecular flexibility index (Phi) is 2.90. The number of carboxylic acid groups (broad SMARTS) is 1. The molecule has 0 radical (unpaired) electrons. The van der Waals surface area contributed by atoms with Crippen LogP contribution in [0.4, 0.5) is 4.79 Å². The minimum atomic E-state index is -0.997. The van der Waals surface area contributed by atoms with Crippen molar-refractivity contribution >= 4 is 6.09 Å². The van der Waals surface area contributed by atoms with Crippen molar-refractivity contribution in [2.45, 2.75) is 19.9 Å². The lowest BCUT2D eigenvalue weighted by Crippen LogP contribution is -2.34. The van der Waals surface area contributed by atoms with Crippen molar-refractivity contribution < 1.29 is 9.90 Å². The molecular formula is C10H13NO2. The summed E-state index contributed by atoms with van der Waals surface area (Å²) in [5.74, 6) is 0. The van der Waals surface area contributed by atoms with Gasteiger partial charge in [0, 0.05) is 0 Å². The molecule has 0 bridgehead atoms. The summed E-state index contributed by atoms with van der Waals surface area (Å²) in [6, 6.07) is -0.201. The maximum absolute atomic E-state index is 10.4. The highest BCUT2D eigenvalue weighted by atomic mass is 16.4. The molecule has 70 valence electrons. The SMILES string of the molecule is CC(C)=C1C=CC=CC1NC(=O)O. The van der Waals surface area contributed by atoms with E-state index in [1.165, 1.54) is 0 Å². The maximum atomic E-state index is 10.4. The molecule has 3 heteroatoms. The first kappa shape index (κ1) is 9.58. The van der Waals surface area contributed by atoms with Gasteiger partial charge in [-0.05, 0) is 19.4 Å². The van der Waals surface area contributed by atoms with Gasteiger partial charge in [-0.25, -0.2) is 4.79 Å². The molecule has 13 heavy (non-hydrogen) atoms. The van der Waals surface area contributed by atoms with Crippen molar-refractivity contribution in [2.24, 2.45) is 0 Å². The zero-order valence-corrected chi connectivity index (χ0v) is 7.74. The Bertz CT molecular complexity index is 296. The van der Waals surface area contributed by atoms with Gasteiger partial charge in [0.1, 0.15) is 0 Å². The van der Waals surface area contributed by atoms with Crippen LogP contribution in [0.5, 0.6) is 0 Å². The molecule has 0 aromatic carbocycles. The molecule has 1 rings (SSSR count). The molecule has 2 N–H and O–H groups in total. The van der Waals surface area contributed by atoms with Crippen LogP contribution in [0.15, 0.2) is 35.5 Å². The summed E-state index contributed by atoms with van der Waals surface area (Å²) >= 11 is 0. The molecule has 0 spiro atoms. The third-order valence-corrected chi connectivity index (χ3v) is 1.88. The quantitative estimate of drug-likeness (QED) is 0.647. The van der Waals surface area contributed by atoms with E-state index in [2.05, 4.69) is 5.32 Å². The lowest BCUT2D eigenvalue weighted by molar-refractivity contribution is 0.193. The summed E-state index contributed by atoms with van der Waals surface area (Å²) in [6.45, 7) is 3.94. The predicted molar refractivity (Wildman–Crippen MR) is 51.6 cm³/mol. The fourth-order valence-electron chi connectivity index (χ4n) is 1.28. The van der Waals surface area contributed by atoms with E-state index in [0.717, 1.165) is 11.1 Å². The summed E-state index contributed by atoms with van der Waals surface area (Å²) in [4.78, 5) is 10.4. The Balaban J connectivity index is 2.84. The zero-order chi connectivity index (χ0) is 9.84. The first-order valence-corrected chi connectivity index (χ1v) is 4.13. The van der Waals surface area contributed by atoms with E-state index in [-0.39, 0.29) is 6.04 Å². The molecule has 1 unspecified atom stereocenters. The zero-order valence-electron chi connectivity index (χ0n) is 7.74. The lowest BCUT2D eigenvalue weighted by Gasteiger charge is -2.18. The molecule has 0 fully saturated rings. The summed E-state index contributed by atoms with van der Waals surface area (Å²) in [5, 5.41) is 11.0. The highest BCUT2D eigenvalue weighted by Crippen LogP contribution is 2.15. The monoisotopic (exact) mass is 179 g/mol. The van der Waals surface area contributed by atoms with Gasteiger partial charge in [-0.1, -0.05) is 29.9 Å². The van der Waals surface area contributed by atoms with Crippen LogP contribution in [0.3, 0.4) is 0 Å². The molecule has 0 heterocycles. The number of allylic oxidation sites excluding steroid dienone is 3. The largest absolute Gasteiger partial charge is 0.465 e. The van der Waals surface area contributed by atoms with Crippen LogP contribution >= 0.6 is 0 Å². The number of rotatable bonds is 1. The van der Waals surface area contributed by atoms with Crippen LogP contribution < -0.4 is 5.32 Å². The van der Waals surface area contributed by atoms with Gasteiger partial charge in [-0.15, -0.1) is 0 Å². The molecule has 1 aliphatic rings. The first-order chi connectivity index (χ1) is 6.11. The van der Waals surface area contributed by atoms with E-state index in [9.17, 15) is 4.79 Å². The van der Waals surface area contributed by atoms with Gasteiger partial charge in [0.15, 0.2) is 0 Å². The molecule has 1 amide bonds. The van der Waals surface area contributed by atoms with Crippen LogP contribution in [0.2, 0.25) is 0 Å². The molecule has 0 saturated heterocycles. The maximum Gasteiger partial charge on any atom is 0.405 e. The Morgan fingerprint density at radius 3 is 2.69 bits per heavy atom. The van der Waals surface area contributed by atoms with Gasteiger partial charge in [0.05, 0.1) is 6.04 Å². The molecular weight excluding hydrogens is 166 g/mol. The molecule has 1 atom stereocenters. The van der Waals surface area contributed by atoms with Crippen molar-refractivity contribution in [1.82, 2.24) is 5.32 Å². The lowest BCUT2D eigenvalue weighted by atomic mass is 9.98. The summed E-state index contributed by atoms with van der Waals surface area (Å²) < 4.78 is 0. The summed E-state index contributed by atoms with van der Waals surface area (Å²) in [6.07, 6.45) is 6.51. The fraction of sp³-hybridized carbons (Fsp3) is 0.300. The Morgan fingerprint density at radius 1 is 1.46 bits per heavy atom. The van der Waals surface area contributed by atoms with Gasteiger partial charge in [0.2, 0.25) is 0 Å². The highest BCUT2D eigenvalue weighted by molar-refractivity contribution is 5.66. The highest BCUT2D eigenvalue weighted by Gasteiger charge is 2.13. The Morgan fingerprint density at radius 2 is 2.15 bits per heavy atom. The minimum absolute atomic E-state index is 0.201. The third kappa shape index (κ3) is 2.47. The van der Waals surface area contributed by atoms with E-state index in [0.29, 0.717) is 0 Å². The van der Waals surface area contributed by atoms with Crippen LogP contribution in [0.25, 0.3) is 0 Å². The molecule has 0 aromatic rings. The average molecular weight is 179 g/mol. The summed E-state index contributed by atoms with van der Waals surface area (Å²) in [5.41, 5.74) is 2.14. The van der Waals surface area contributed by atoms with Crippen molar-refractivity contribution in [1.29, 1.82) is 0 Å². The van der Waals surface area contributed by atoms with Gasteiger partial charge in [-0.2, -0.15) is 0 Å². The Labute approximate surface area is 77.5 Å². The van der Waals surface area contributed by atoms with Crippen LogP contribution in [-0.4, -0.2) is 17.2 Å². The van der Waals surface area contributed by atoms with E-state index in [1.54, 1.807) is 0 Å². The minimum Gasteiger partial charge on any atom is -0.465 e. The number of carbonyl (C=O) groups is 1. The fourth-order valence-corrected chi connectivity index (χ4v) is 1.28. The van der Waals surface area contributed by atoms with Crippen molar-refractivity contribution in [3.8, 4) is 0 Å². The number of hydrogen-bond donors (Lipinski definition) is 2. The van der Waals surface area contributed by atoms with E-state index in [1.807, 2.05) is 38.2 Å². The van der Waals surface area contributed by atoms with Gasteiger partial charge in [0.25, 0.3) is 0 Å². The number of hydrogen-bond acceptors (Lipinski definition) is 1. The standard InChI is InChI=1S/C10H13NO2/c1-7(2)8-5-3-4-6-9(8)11-10(12)13/h3-6,9,11H,1-2H3,(H,12,13). The summed E-state index contributed by atoms with van der Waals surface area (Å²) in [7, 11) is 0. The van der Waals surface area contributed by atoms with Crippen LogP contribution in [0.1, 0.15) is 13.8 Å². The number of amides is 1. The second-order valence-electron chi connectivity index (χ2n) is 3.13. The second-order valence-corrected chi connectivity index (χ2v) is 3.13. The first-order valence-electron chi connectivity index (χ1n) is 4.13. The van der Waals surface area contributed by atoms with Crippen molar-refractivity contribution in [3.63, 3.8) is 0 Å². The predicted octanol–water partition coefficient (Wildman–Crippen LogP) is 2.08. The van der Waals surface area contributed by atoms with Gasteiger partial charge in [-0.3, -0.25) is 0 Å². The molecule has 0 aliphatic heterocycles. The van der Waals surface area contributed by atoms with E-state index in [4.69, 9.17) is 5.11 Å². The molecule has 1 aliphatic carbocycles. The Hall–Kier alpha value is -1.51. The topological polar surface area (TPSA) is 49.3 Å². The van der Waals surface area contributed by atoms with Crippen LogP contribution in [0, 0.1) is 0 Å². The third-order valence-electron chi connectivity index (χ3n) is 1.88. The van der Waals surface area contributed by atoms with Crippen LogP contribution in [-0.2, 0) is 0 Å². The van der Waals surface area contributed by atoms with Crippen molar-refractivity contribution in [3.05, 3.63) is 35.5 Å². The van der Waals surface area contributed by atoms with E-state index < -0.39 is 6.09 Å². The van der Waals surface area contributed by atoms with Gasteiger partial charge < -0.3 is 10.4 Å². The average Bonchev–Trinajstić information content (AvgIpc) is 2.03. The van der Waals surface area contributed by atoms with Crippen molar-refractivity contribution in [2.75, 3.05) is 0 Å². The molecule has 0 saturated carbocycles. The number of nitrogens with one attached hydrogen (secondary N) is 1. The van der Waals surface area contributed by atoms with Gasteiger partial charge >= 0.3 is 6.09 Å².